The number of aliphatic hydroxyl groups is 1. The molecular weight excluding hydrogens is 577 g/mol. The molecule has 0 amide bonds. The zero-order valence-corrected chi connectivity index (χ0v) is 22.4. The number of hydrogen-bond acceptors (Lipinski definition) is 11. The van der Waals surface area contributed by atoms with E-state index in [1.54, 1.807) is 0 Å². The highest BCUT2D eigenvalue weighted by Crippen LogP contribution is 2.38. The molecule has 0 radical (unpaired) electrons. The van der Waals surface area contributed by atoms with Gasteiger partial charge in [0.1, 0.15) is 23.9 Å². The summed E-state index contributed by atoms with van der Waals surface area (Å²) in [6.45, 7) is 0.0982. The molecule has 43 heavy (non-hydrogen) atoms. The van der Waals surface area contributed by atoms with Crippen molar-refractivity contribution in [3.8, 4) is 28.6 Å². The van der Waals surface area contributed by atoms with Gasteiger partial charge >= 0.3 is 12.1 Å². The average molecular weight is 603 g/mol. The van der Waals surface area contributed by atoms with Crippen LogP contribution in [-0.4, -0.2) is 66.4 Å². The van der Waals surface area contributed by atoms with Crippen LogP contribution in [0.15, 0.2) is 47.6 Å². The Balaban J connectivity index is 1.11. The van der Waals surface area contributed by atoms with Crippen LogP contribution in [0, 0.1) is 5.92 Å². The molecule has 1 saturated carbocycles. The van der Waals surface area contributed by atoms with Crippen molar-refractivity contribution in [3.05, 3.63) is 54.3 Å². The highest BCUT2D eigenvalue weighted by molar-refractivity contribution is 6.00. The zero-order chi connectivity index (χ0) is 30.3. The molecule has 226 valence electrons. The van der Waals surface area contributed by atoms with Crippen molar-refractivity contribution in [3.63, 3.8) is 0 Å². The fourth-order valence-corrected chi connectivity index (χ4v) is 5.36. The van der Waals surface area contributed by atoms with E-state index >= 15 is 0 Å². The first-order valence-corrected chi connectivity index (χ1v) is 13.5. The fraction of sp³-hybridized carbons (Fsp3) is 0.393. The third-order valence-corrected chi connectivity index (χ3v) is 7.53. The first-order valence-electron chi connectivity index (χ1n) is 13.5. The summed E-state index contributed by atoms with van der Waals surface area (Å²) in [5, 5.41) is 23.3. The van der Waals surface area contributed by atoms with Gasteiger partial charge in [0.05, 0.1) is 35.7 Å². The topological polar surface area (TPSA) is 159 Å². The Hall–Kier alpha value is -4.50. The van der Waals surface area contributed by atoms with Crippen LogP contribution in [-0.2, 0) is 20.4 Å². The lowest BCUT2D eigenvalue weighted by molar-refractivity contribution is -0.161. The van der Waals surface area contributed by atoms with Gasteiger partial charge in [-0.25, -0.2) is 14.8 Å². The Labute approximate surface area is 241 Å². The number of carbonyl (C=O) groups is 2. The van der Waals surface area contributed by atoms with Crippen LogP contribution in [0.5, 0.6) is 17.4 Å². The lowest BCUT2D eigenvalue weighted by Crippen LogP contribution is -2.32. The molecule has 1 aliphatic heterocycles. The molecule has 0 unspecified atom stereocenters. The number of aliphatic hydroxyl groups excluding tert-OH is 1. The first kappa shape index (κ1) is 28.6. The van der Waals surface area contributed by atoms with Gasteiger partial charge in [-0.2, -0.15) is 13.2 Å². The van der Waals surface area contributed by atoms with E-state index in [1.807, 2.05) is 0 Å². The van der Waals surface area contributed by atoms with Crippen molar-refractivity contribution in [2.24, 2.45) is 5.92 Å². The molecule has 0 spiro atoms. The summed E-state index contributed by atoms with van der Waals surface area (Å²) < 4.78 is 62.4. The molecule has 2 fully saturated rings. The molecule has 0 bridgehead atoms. The third-order valence-electron chi connectivity index (χ3n) is 7.53. The van der Waals surface area contributed by atoms with Crippen molar-refractivity contribution in [2.75, 3.05) is 6.61 Å². The lowest BCUT2D eigenvalue weighted by atomic mass is 9.82. The third kappa shape index (κ3) is 5.77. The van der Waals surface area contributed by atoms with Gasteiger partial charge in [0.2, 0.25) is 5.65 Å². The Morgan fingerprint density at radius 3 is 2.60 bits per heavy atom. The predicted molar refractivity (Wildman–Crippen MR) is 138 cm³/mol. The first-order chi connectivity index (χ1) is 20.6. The van der Waals surface area contributed by atoms with Crippen LogP contribution in [0.4, 0.5) is 13.2 Å². The van der Waals surface area contributed by atoms with Crippen LogP contribution >= 0.6 is 0 Å². The molecular formula is C28H25F3N4O8. The van der Waals surface area contributed by atoms with Crippen LogP contribution in [0.2, 0.25) is 0 Å². The number of phenols is 1. The van der Waals surface area contributed by atoms with Gasteiger partial charge in [-0.05, 0) is 37.8 Å². The van der Waals surface area contributed by atoms with Crippen LogP contribution < -0.4 is 4.74 Å². The minimum absolute atomic E-state index is 0.0507. The van der Waals surface area contributed by atoms with Crippen LogP contribution in [0.25, 0.3) is 16.9 Å². The summed E-state index contributed by atoms with van der Waals surface area (Å²) >= 11 is 0. The van der Waals surface area contributed by atoms with E-state index in [1.165, 1.54) is 41.2 Å². The van der Waals surface area contributed by atoms with E-state index in [0.29, 0.717) is 25.7 Å². The molecule has 1 aliphatic carbocycles. The lowest BCUT2D eigenvalue weighted by Gasteiger charge is -2.28. The normalized spacial score (nSPS) is 22.5. The van der Waals surface area contributed by atoms with E-state index in [2.05, 4.69) is 19.6 Å². The number of halogens is 3. The van der Waals surface area contributed by atoms with Gasteiger partial charge in [0, 0.05) is 30.8 Å². The summed E-state index contributed by atoms with van der Waals surface area (Å²) in [6, 6.07) is 4.13. The second-order valence-corrected chi connectivity index (χ2v) is 10.4. The molecule has 4 heterocycles. The Morgan fingerprint density at radius 1 is 1.12 bits per heavy atom. The molecule has 2 N–H and O–H groups in total. The minimum Gasteiger partial charge on any atom is -0.507 e. The van der Waals surface area contributed by atoms with Crippen molar-refractivity contribution in [2.45, 2.75) is 56.6 Å². The maximum Gasteiger partial charge on any atom is 0.437 e. The van der Waals surface area contributed by atoms with E-state index < -0.39 is 30.0 Å². The number of aromatic hydroxyl groups is 1. The van der Waals surface area contributed by atoms with Crippen LogP contribution in [0.1, 0.15) is 48.2 Å². The quantitative estimate of drug-likeness (QED) is 0.229. The van der Waals surface area contributed by atoms with Gasteiger partial charge in [-0.15, -0.1) is 0 Å². The molecule has 2 aliphatic rings. The fourth-order valence-electron chi connectivity index (χ4n) is 5.36. The number of alkyl halides is 3. The summed E-state index contributed by atoms with van der Waals surface area (Å²) in [6.07, 6.45) is 0.294. The number of nitrogens with zero attached hydrogens (tertiary/aromatic N) is 4. The van der Waals surface area contributed by atoms with E-state index in [0.717, 1.165) is 6.26 Å². The maximum absolute atomic E-state index is 13.3. The van der Waals surface area contributed by atoms with Crippen molar-refractivity contribution in [1.82, 2.24) is 19.5 Å². The minimum atomic E-state index is -4.74. The monoisotopic (exact) mass is 602 g/mol. The number of carbonyl (C=O) groups excluding carboxylic acids is 2. The SMILES string of the molecule is O=C(c1ccc(Oc2nccn3c(-c4conc4C(F)(F)F)cnc23)cc1O)C1CCC(OC(=O)[C@@H]2C[C@@H](O)CO2)CC1. The highest BCUT2D eigenvalue weighted by Gasteiger charge is 2.39. The molecule has 12 nitrogen and oxygen atoms in total. The highest BCUT2D eigenvalue weighted by atomic mass is 19.4. The molecule has 15 heteroatoms. The van der Waals surface area contributed by atoms with Gasteiger partial charge in [-0.1, -0.05) is 5.16 Å². The number of rotatable bonds is 7. The summed E-state index contributed by atoms with van der Waals surface area (Å²) in [4.78, 5) is 33.7. The van der Waals surface area contributed by atoms with E-state index in [4.69, 9.17) is 14.2 Å². The number of benzene rings is 1. The summed E-state index contributed by atoms with van der Waals surface area (Å²) in [5.74, 6) is -1.40. The second kappa shape index (κ2) is 11.3. The molecule has 2 atom stereocenters. The number of Topliss-reactive ketones (excluding diaryl/α,β-unsaturated/α-hetero) is 1. The number of aromatic nitrogens is 4. The molecule has 1 saturated heterocycles. The Bertz CT molecular complexity index is 1660. The molecule has 1 aromatic carbocycles. The standard InChI is InChI=1S/C28H25F3N4O8/c29-28(30,31)24-19(13-41-34-24)20-11-33-25-26(32-7-8-35(20)25)42-17-5-6-18(21(37)10-17)23(38)14-1-3-16(4-2-14)43-27(39)22-9-15(36)12-40-22/h5-8,10-11,13-16,22,36-37H,1-4,9,12H2/t14?,15-,16?,22+/m1/s1. The van der Waals surface area contributed by atoms with E-state index in [9.17, 15) is 33.0 Å². The van der Waals surface area contributed by atoms with Crippen molar-refractivity contribution in [1.29, 1.82) is 0 Å². The van der Waals surface area contributed by atoms with E-state index in [-0.39, 0.29) is 70.7 Å². The maximum atomic E-state index is 13.3. The second-order valence-electron chi connectivity index (χ2n) is 10.4. The van der Waals surface area contributed by atoms with Crippen molar-refractivity contribution >= 4 is 17.4 Å². The number of imidazole rings is 1. The number of ether oxygens (including phenoxy) is 3. The Kier molecular flexibility index (Phi) is 7.52. The summed E-state index contributed by atoms with van der Waals surface area (Å²) in [7, 11) is 0. The average Bonchev–Trinajstić information content (AvgIpc) is 3.73. The van der Waals surface area contributed by atoms with Crippen molar-refractivity contribution < 1.29 is 51.7 Å². The zero-order valence-electron chi connectivity index (χ0n) is 22.4. The smallest absolute Gasteiger partial charge is 0.437 e. The number of hydrogen-bond donors (Lipinski definition) is 2. The number of ketones is 1. The van der Waals surface area contributed by atoms with Gasteiger partial charge in [-0.3, -0.25) is 9.20 Å². The summed E-state index contributed by atoms with van der Waals surface area (Å²) in [5.41, 5.74) is -1.27. The Morgan fingerprint density at radius 2 is 1.91 bits per heavy atom. The molecule has 4 aromatic rings. The molecule has 6 rings (SSSR count). The number of fused-ring (bicyclic) bond motifs is 1. The largest absolute Gasteiger partial charge is 0.507 e. The van der Waals surface area contributed by atoms with Gasteiger partial charge < -0.3 is 28.9 Å². The van der Waals surface area contributed by atoms with Crippen LogP contribution in [0.3, 0.4) is 0 Å². The van der Waals surface area contributed by atoms with Gasteiger partial charge in [0.25, 0.3) is 5.88 Å². The predicted octanol–water partition coefficient (Wildman–Crippen LogP) is 4.34. The number of phenolic OH excluding ortho intramolecular Hbond substituents is 1. The van der Waals surface area contributed by atoms with Gasteiger partial charge in [0.15, 0.2) is 17.6 Å². The number of esters is 1. The molecule has 3 aromatic heterocycles.